The number of aliphatic hydroxyl groups excluding tert-OH is 1. The van der Waals surface area contributed by atoms with E-state index < -0.39 is 0 Å². The molecule has 6 nitrogen and oxygen atoms in total. The average molecular weight is 413 g/mol. The average Bonchev–Trinajstić information content (AvgIpc) is 3.09. The molecule has 0 amide bonds. The zero-order valence-electron chi connectivity index (χ0n) is 17.8. The molecule has 0 radical (unpaired) electrons. The summed E-state index contributed by atoms with van der Waals surface area (Å²) < 4.78 is 11.9. The normalized spacial score (nSPS) is 32.6. The first-order chi connectivity index (χ1) is 14.1. The first kappa shape index (κ1) is 21.0. The highest BCUT2D eigenvalue weighted by Gasteiger charge is 2.65. The van der Waals surface area contributed by atoms with E-state index in [0.717, 1.165) is 43.7 Å². The van der Waals surface area contributed by atoms with Crippen LogP contribution >= 0.6 is 0 Å². The third-order valence-electron chi connectivity index (χ3n) is 7.52. The number of likely N-dealkylation sites (N-methyl/N-ethyl adjacent to an activating group) is 1. The number of aliphatic hydroxyl groups is 1. The molecule has 162 valence electrons. The van der Waals surface area contributed by atoms with Crippen molar-refractivity contribution in [3.05, 3.63) is 53.6 Å². The number of benzene rings is 2. The van der Waals surface area contributed by atoms with Gasteiger partial charge in [-0.1, -0.05) is 24.3 Å². The molecular weight excluding hydrogens is 380 g/mol. The minimum atomic E-state index is -0.358. The summed E-state index contributed by atoms with van der Waals surface area (Å²) in [6, 6.07) is 13.5. The van der Waals surface area contributed by atoms with Gasteiger partial charge >= 0.3 is 0 Å². The Balaban J connectivity index is 0.000000235. The van der Waals surface area contributed by atoms with Crippen molar-refractivity contribution >= 4 is 0 Å². The van der Waals surface area contributed by atoms with E-state index in [2.05, 4.69) is 18.0 Å². The Bertz CT molecular complexity index is 906. The van der Waals surface area contributed by atoms with Crippen molar-refractivity contribution < 1.29 is 19.7 Å². The van der Waals surface area contributed by atoms with Gasteiger partial charge in [-0.3, -0.25) is 0 Å². The fraction of sp³-hybridized carbons (Fsp3) is 0.500. The number of phenols is 1. The molecule has 2 aromatic rings. The van der Waals surface area contributed by atoms with Crippen molar-refractivity contribution in [2.75, 3.05) is 20.7 Å². The smallest absolute Gasteiger partial charge is 0.165 e. The van der Waals surface area contributed by atoms with Gasteiger partial charge in [0.25, 0.3) is 0 Å². The summed E-state index contributed by atoms with van der Waals surface area (Å²) in [6.45, 7) is 1.09. The Morgan fingerprint density at radius 3 is 2.57 bits per heavy atom. The predicted octanol–water partition coefficient (Wildman–Crippen LogP) is 3.28. The van der Waals surface area contributed by atoms with E-state index in [9.17, 15) is 5.11 Å². The van der Waals surface area contributed by atoms with E-state index in [0.29, 0.717) is 17.7 Å². The molecule has 1 saturated carbocycles. The van der Waals surface area contributed by atoms with Crippen LogP contribution < -0.4 is 15.6 Å². The van der Waals surface area contributed by atoms with Gasteiger partial charge < -0.3 is 30.7 Å². The summed E-state index contributed by atoms with van der Waals surface area (Å²) in [5.41, 5.74) is 2.77. The van der Waals surface area contributed by atoms with E-state index in [4.69, 9.17) is 14.6 Å². The van der Waals surface area contributed by atoms with Gasteiger partial charge in [0, 0.05) is 17.0 Å². The molecule has 6 heteroatoms. The largest absolute Gasteiger partial charge is 0.508 e. The summed E-state index contributed by atoms with van der Waals surface area (Å²) in [7, 11) is 3.96. The number of phenolic OH excluding ortho intramolecular Hbond substituents is 1. The lowest BCUT2D eigenvalue weighted by Crippen LogP contribution is -2.66. The molecule has 2 aliphatic carbocycles. The first-order valence-corrected chi connectivity index (χ1v) is 10.6. The van der Waals surface area contributed by atoms with Crippen LogP contribution in [0.15, 0.2) is 42.5 Å². The predicted molar refractivity (Wildman–Crippen MR) is 116 cm³/mol. The molecule has 6 rings (SSSR count). The Labute approximate surface area is 178 Å². The number of nitrogens with zero attached hydrogens (tertiary/aromatic N) is 1. The molecule has 0 aromatic heterocycles. The van der Waals surface area contributed by atoms with Crippen LogP contribution in [0, 0.1) is 5.92 Å². The van der Waals surface area contributed by atoms with Crippen LogP contribution in [0.5, 0.6) is 17.2 Å². The molecule has 2 aromatic carbocycles. The Hall–Kier alpha value is -2.28. The number of hydrogen-bond acceptors (Lipinski definition) is 6. The summed E-state index contributed by atoms with van der Waals surface area (Å²) in [4.78, 5) is 2.52. The SMILES string of the molecule is COc1ccc2c3c1O[C@H]1[C@@H](O)CC[C@H]4[C@@H](C2)N(C)CC[C@@]341.N.Oc1ccccc1. The molecule has 5 atom stereocenters. The standard InChI is InChI=1S/C18H23NO3.C6H6O.H3N/c1-19-8-7-18-11-4-5-13(20)17(18)22-16-14(21-2)6-3-10(15(16)18)9-12(11)19;7-6-4-2-1-3-5-6;/h3,6,11-13,17,20H,4-5,7-9H2,1-2H3;1-5,7H;1H3/t11-,12+,13-,17-,18-;;/m0../s1. The van der Waals surface area contributed by atoms with Crippen LogP contribution in [0.2, 0.25) is 0 Å². The van der Waals surface area contributed by atoms with E-state index in [-0.39, 0.29) is 23.8 Å². The molecular formula is C24H32N2O4. The minimum absolute atomic E-state index is 0. The zero-order valence-corrected chi connectivity index (χ0v) is 17.8. The fourth-order valence-corrected chi connectivity index (χ4v) is 6.29. The molecule has 2 heterocycles. The quantitative estimate of drug-likeness (QED) is 0.665. The van der Waals surface area contributed by atoms with Gasteiger partial charge in [-0.15, -0.1) is 0 Å². The maximum atomic E-state index is 10.6. The van der Waals surface area contributed by atoms with Crippen LogP contribution in [0.1, 0.15) is 30.4 Å². The minimum Gasteiger partial charge on any atom is -0.508 e. The number of likely N-dealkylation sites (tertiary alicyclic amines) is 1. The second-order valence-corrected chi connectivity index (χ2v) is 8.80. The van der Waals surface area contributed by atoms with Crippen LogP contribution in [-0.2, 0) is 11.8 Å². The monoisotopic (exact) mass is 412 g/mol. The number of para-hydroxylation sites is 1. The molecule has 4 aliphatic rings. The Morgan fingerprint density at radius 2 is 1.90 bits per heavy atom. The summed E-state index contributed by atoms with van der Waals surface area (Å²) in [5, 5.41) is 19.3. The molecule has 1 spiro atoms. The summed E-state index contributed by atoms with van der Waals surface area (Å²) in [6.07, 6.45) is 3.69. The Kier molecular flexibility index (Phi) is 5.43. The van der Waals surface area contributed by atoms with Crippen molar-refractivity contribution in [3.63, 3.8) is 0 Å². The van der Waals surface area contributed by atoms with E-state index in [1.165, 1.54) is 11.1 Å². The van der Waals surface area contributed by atoms with Crippen LogP contribution in [-0.4, -0.2) is 54.1 Å². The van der Waals surface area contributed by atoms with E-state index >= 15 is 0 Å². The lowest BCUT2D eigenvalue weighted by atomic mass is 9.51. The maximum absolute atomic E-state index is 10.6. The van der Waals surface area contributed by atoms with Gasteiger partial charge in [0.15, 0.2) is 11.5 Å². The van der Waals surface area contributed by atoms with Gasteiger partial charge in [0.05, 0.1) is 13.2 Å². The molecule has 30 heavy (non-hydrogen) atoms. The number of aromatic hydroxyl groups is 1. The van der Waals surface area contributed by atoms with Crippen molar-refractivity contribution in [1.82, 2.24) is 11.1 Å². The molecule has 2 bridgehead atoms. The summed E-state index contributed by atoms with van der Waals surface area (Å²) in [5.74, 6) is 2.66. The number of piperidine rings is 1. The topological polar surface area (TPSA) is 97.2 Å². The zero-order chi connectivity index (χ0) is 20.2. The third kappa shape index (κ3) is 2.89. The van der Waals surface area contributed by atoms with Crippen LogP contribution in [0.25, 0.3) is 0 Å². The number of hydrogen-bond donors (Lipinski definition) is 3. The lowest BCUT2D eigenvalue weighted by Gasteiger charge is -2.58. The Morgan fingerprint density at radius 1 is 1.13 bits per heavy atom. The second kappa shape index (κ2) is 7.76. The highest BCUT2D eigenvalue weighted by molar-refractivity contribution is 5.61. The second-order valence-electron chi connectivity index (χ2n) is 8.80. The first-order valence-electron chi connectivity index (χ1n) is 10.6. The number of rotatable bonds is 1. The third-order valence-corrected chi connectivity index (χ3v) is 7.52. The van der Waals surface area contributed by atoms with E-state index in [1.54, 1.807) is 31.4 Å². The lowest BCUT2D eigenvalue weighted by molar-refractivity contribution is -0.0993. The van der Waals surface area contributed by atoms with Crippen LogP contribution in [0.4, 0.5) is 0 Å². The van der Waals surface area contributed by atoms with Crippen molar-refractivity contribution in [3.8, 4) is 17.2 Å². The van der Waals surface area contributed by atoms with Gasteiger partial charge in [0.2, 0.25) is 0 Å². The molecule has 2 fully saturated rings. The fourth-order valence-electron chi connectivity index (χ4n) is 6.29. The van der Waals surface area contributed by atoms with Gasteiger partial charge in [-0.25, -0.2) is 0 Å². The molecule has 2 aliphatic heterocycles. The van der Waals surface area contributed by atoms with Crippen molar-refractivity contribution in [1.29, 1.82) is 0 Å². The molecule has 1 saturated heterocycles. The van der Waals surface area contributed by atoms with Gasteiger partial charge in [0.1, 0.15) is 11.9 Å². The van der Waals surface area contributed by atoms with Crippen LogP contribution in [0.3, 0.4) is 0 Å². The summed E-state index contributed by atoms with van der Waals surface area (Å²) >= 11 is 0. The molecule has 0 unspecified atom stereocenters. The molecule has 5 N–H and O–H groups in total. The van der Waals surface area contributed by atoms with Gasteiger partial charge in [-0.2, -0.15) is 0 Å². The number of methoxy groups -OCH3 is 1. The van der Waals surface area contributed by atoms with E-state index in [1.807, 2.05) is 12.1 Å². The maximum Gasteiger partial charge on any atom is 0.165 e. The van der Waals surface area contributed by atoms with Crippen molar-refractivity contribution in [2.24, 2.45) is 5.92 Å². The highest BCUT2D eigenvalue weighted by Crippen LogP contribution is 2.63. The number of ether oxygens (including phenoxy) is 2. The highest BCUT2D eigenvalue weighted by atomic mass is 16.5. The van der Waals surface area contributed by atoms with Crippen molar-refractivity contribution in [2.45, 2.75) is 49.3 Å². The van der Waals surface area contributed by atoms with Gasteiger partial charge in [-0.05, 0) is 69.0 Å².